The van der Waals surface area contributed by atoms with Crippen LogP contribution in [0.5, 0.6) is 0 Å². The summed E-state index contributed by atoms with van der Waals surface area (Å²) in [5.74, 6) is 0.275. The minimum Gasteiger partial charge on any atom is -0.307 e. The summed E-state index contributed by atoms with van der Waals surface area (Å²) in [5.41, 5.74) is 1.87. The summed E-state index contributed by atoms with van der Waals surface area (Å²) in [4.78, 5) is 17.4. The number of nitrogens with zero attached hydrogens (tertiary/aromatic N) is 2. The standard InChI is InChI=1S/C22H26N4O3S/c27-21(15-16-23-30(28,29)18-11-5-2-6-12-18)25-22-24-19-13-7-8-14-20(19)26(22)17-9-3-1-4-10-17/h2,5-8,11-14,17,23H,1,3-4,9-10,15-16H2,(H,24,25,27). The average molecular weight is 427 g/mol. The molecule has 8 heteroatoms. The number of aromatic nitrogens is 2. The Hall–Kier alpha value is -2.71. The third-order valence-corrected chi connectivity index (χ3v) is 6.96. The quantitative estimate of drug-likeness (QED) is 0.600. The Kier molecular flexibility index (Phi) is 6.15. The van der Waals surface area contributed by atoms with Gasteiger partial charge in [-0.05, 0) is 37.1 Å². The van der Waals surface area contributed by atoms with Crippen molar-refractivity contribution in [2.75, 3.05) is 11.9 Å². The summed E-state index contributed by atoms with van der Waals surface area (Å²) in [6.07, 6.45) is 5.75. The summed E-state index contributed by atoms with van der Waals surface area (Å²) in [6.45, 7) is 0.0206. The SMILES string of the molecule is O=C(CCNS(=O)(=O)c1ccccc1)Nc1nc2ccccc2n1C1CCCCC1. The van der Waals surface area contributed by atoms with E-state index in [1.165, 1.54) is 31.4 Å². The highest BCUT2D eigenvalue weighted by molar-refractivity contribution is 7.89. The van der Waals surface area contributed by atoms with Crippen molar-refractivity contribution >= 4 is 32.9 Å². The molecule has 0 radical (unpaired) electrons. The number of amides is 1. The number of imidazole rings is 1. The molecular formula is C22H26N4O3S. The second kappa shape index (κ2) is 8.97. The van der Waals surface area contributed by atoms with Crippen LogP contribution in [0.3, 0.4) is 0 Å². The molecule has 0 bridgehead atoms. The molecule has 1 aromatic heterocycles. The number of hydrogen-bond donors (Lipinski definition) is 2. The predicted molar refractivity (Wildman–Crippen MR) is 117 cm³/mol. The van der Waals surface area contributed by atoms with E-state index in [0.29, 0.717) is 12.0 Å². The lowest BCUT2D eigenvalue weighted by atomic mass is 9.95. The number of benzene rings is 2. The Bertz CT molecular complexity index is 1120. The second-order valence-corrected chi connectivity index (χ2v) is 9.36. The Balaban J connectivity index is 1.44. The summed E-state index contributed by atoms with van der Waals surface area (Å²) in [7, 11) is -3.63. The zero-order chi connectivity index (χ0) is 21.0. The highest BCUT2D eigenvalue weighted by Crippen LogP contribution is 2.34. The monoisotopic (exact) mass is 426 g/mol. The zero-order valence-electron chi connectivity index (χ0n) is 16.8. The molecule has 1 saturated carbocycles. The Morgan fingerprint density at radius 2 is 1.70 bits per heavy atom. The molecule has 3 aromatic rings. The van der Waals surface area contributed by atoms with Crippen molar-refractivity contribution in [2.24, 2.45) is 0 Å². The summed E-state index contributed by atoms with van der Waals surface area (Å²) in [6, 6.07) is 16.3. The van der Waals surface area contributed by atoms with Gasteiger partial charge in [-0.3, -0.25) is 10.1 Å². The van der Waals surface area contributed by atoms with Gasteiger partial charge in [0.1, 0.15) is 0 Å². The van der Waals surface area contributed by atoms with Gasteiger partial charge in [0.05, 0.1) is 15.9 Å². The lowest BCUT2D eigenvalue weighted by molar-refractivity contribution is -0.116. The van der Waals surface area contributed by atoms with Crippen molar-refractivity contribution in [1.82, 2.24) is 14.3 Å². The van der Waals surface area contributed by atoms with Crippen molar-refractivity contribution in [3.8, 4) is 0 Å². The average Bonchev–Trinajstić information content (AvgIpc) is 3.12. The molecule has 2 aromatic carbocycles. The number of carbonyl (C=O) groups excluding carboxylic acids is 1. The summed E-state index contributed by atoms with van der Waals surface area (Å²) in [5, 5.41) is 2.90. The van der Waals surface area contributed by atoms with Crippen LogP contribution >= 0.6 is 0 Å². The van der Waals surface area contributed by atoms with Gasteiger partial charge >= 0.3 is 0 Å². The fourth-order valence-corrected chi connectivity index (χ4v) is 5.06. The van der Waals surface area contributed by atoms with Crippen molar-refractivity contribution in [1.29, 1.82) is 0 Å². The first-order valence-electron chi connectivity index (χ1n) is 10.4. The first-order valence-corrected chi connectivity index (χ1v) is 11.8. The molecule has 4 rings (SSSR count). The predicted octanol–water partition coefficient (Wildman–Crippen LogP) is 3.85. The van der Waals surface area contributed by atoms with E-state index in [-0.39, 0.29) is 23.8 Å². The molecule has 0 spiro atoms. The van der Waals surface area contributed by atoms with Crippen LogP contribution in [-0.2, 0) is 14.8 Å². The molecule has 30 heavy (non-hydrogen) atoms. The highest BCUT2D eigenvalue weighted by atomic mass is 32.2. The van der Waals surface area contributed by atoms with E-state index in [4.69, 9.17) is 0 Å². The van der Waals surface area contributed by atoms with Gasteiger partial charge in [0.25, 0.3) is 0 Å². The van der Waals surface area contributed by atoms with Crippen LogP contribution in [-0.4, -0.2) is 30.4 Å². The third-order valence-electron chi connectivity index (χ3n) is 5.48. The number of nitrogens with one attached hydrogen (secondary N) is 2. The molecule has 0 atom stereocenters. The summed E-state index contributed by atoms with van der Waals surface area (Å²) >= 11 is 0. The van der Waals surface area contributed by atoms with E-state index in [1.54, 1.807) is 18.2 Å². The highest BCUT2D eigenvalue weighted by Gasteiger charge is 2.22. The molecule has 1 aliphatic carbocycles. The lowest BCUT2D eigenvalue weighted by Crippen LogP contribution is -2.28. The van der Waals surface area contributed by atoms with Gasteiger partial charge < -0.3 is 4.57 Å². The van der Waals surface area contributed by atoms with Crippen LogP contribution in [0.25, 0.3) is 11.0 Å². The molecule has 1 amide bonds. The number of anilines is 1. The Morgan fingerprint density at radius 3 is 2.47 bits per heavy atom. The molecule has 0 unspecified atom stereocenters. The minimum atomic E-state index is -3.63. The normalized spacial score (nSPS) is 15.3. The minimum absolute atomic E-state index is 0.0206. The maximum Gasteiger partial charge on any atom is 0.240 e. The van der Waals surface area contributed by atoms with Crippen molar-refractivity contribution in [2.45, 2.75) is 49.5 Å². The van der Waals surface area contributed by atoms with Gasteiger partial charge in [-0.1, -0.05) is 49.6 Å². The van der Waals surface area contributed by atoms with Gasteiger partial charge in [0.15, 0.2) is 0 Å². The lowest BCUT2D eigenvalue weighted by Gasteiger charge is -2.25. The zero-order valence-corrected chi connectivity index (χ0v) is 17.6. The number of carbonyl (C=O) groups is 1. The number of sulfonamides is 1. The topological polar surface area (TPSA) is 93.1 Å². The van der Waals surface area contributed by atoms with Gasteiger partial charge in [0.2, 0.25) is 21.9 Å². The molecule has 0 aliphatic heterocycles. The van der Waals surface area contributed by atoms with E-state index in [9.17, 15) is 13.2 Å². The first kappa shape index (κ1) is 20.6. The number of fused-ring (bicyclic) bond motifs is 1. The Morgan fingerprint density at radius 1 is 1.00 bits per heavy atom. The van der Waals surface area contributed by atoms with Crippen LogP contribution in [0.2, 0.25) is 0 Å². The first-order chi connectivity index (χ1) is 14.5. The maximum atomic E-state index is 12.5. The van der Waals surface area contributed by atoms with Crippen molar-refractivity contribution in [3.05, 3.63) is 54.6 Å². The summed E-state index contributed by atoms with van der Waals surface area (Å²) < 4.78 is 29.2. The molecular weight excluding hydrogens is 400 g/mol. The van der Waals surface area contributed by atoms with E-state index < -0.39 is 10.0 Å². The van der Waals surface area contributed by atoms with Crippen LogP contribution in [0, 0.1) is 0 Å². The van der Waals surface area contributed by atoms with Crippen LogP contribution in [0.15, 0.2) is 59.5 Å². The second-order valence-electron chi connectivity index (χ2n) is 7.59. The van der Waals surface area contributed by atoms with Crippen LogP contribution < -0.4 is 10.0 Å². The van der Waals surface area contributed by atoms with Gasteiger partial charge in [-0.25, -0.2) is 18.1 Å². The molecule has 1 fully saturated rings. The van der Waals surface area contributed by atoms with Crippen LogP contribution in [0.4, 0.5) is 5.95 Å². The smallest absolute Gasteiger partial charge is 0.240 e. The maximum absolute atomic E-state index is 12.5. The third kappa shape index (κ3) is 4.55. The van der Waals surface area contributed by atoms with Crippen molar-refractivity contribution < 1.29 is 13.2 Å². The van der Waals surface area contributed by atoms with Gasteiger partial charge in [0, 0.05) is 19.0 Å². The van der Waals surface area contributed by atoms with E-state index in [1.807, 2.05) is 24.3 Å². The number of hydrogen-bond acceptors (Lipinski definition) is 4. The molecule has 158 valence electrons. The van der Waals surface area contributed by atoms with Crippen molar-refractivity contribution in [3.63, 3.8) is 0 Å². The molecule has 2 N–H and O–H groups in total. The van der Waals surface area contributed by atoms with E-state index in [0.717, 1.165) is 23.9 Å². The fraction of sp³-hybridized carbons (Fsp3) is 0.364. The molecule has 1 aliphatic rings. The van der Waals surface area contributed by atoms with E-state index >= 15 is 0 Å². The fourth-order valence-electron chi connectivity index (χ4n) is 4.01. The van der Waals surface area contributed by atoms with Gasteiger partial charge in [-0.15, -0.1) is 0 Å². The van der Waals surface area contributed by atoms with Gasteiger partial charge in [-0.2, -0.15) is 0 Å². The number of rotatable bonds is 7. The molecule has 1 heterocycles. The van der Waals surface area contributed by atoms with Crippen LogP contribution in [0.1, 0.15) is 44.6 Å². The van der Waals surface area contributed by atoms with E-state index in [2.05, 4.69) is 19.6 Å². The largest absolute Gasteiger partial charge is 0.307 e. The Labute approximate surface area is 176 Å². The molecule has 0 saturated heterocycles. The number of para-hydroxylation sites is 2. The molecule has 7 nitrogen and oxygen atoms in total.